The van der Waals surface area contributed by atoms with Gasteiger partial charge in [0.2, 0.25) is 0 Å². The third-order valence-corrected chi connectivity index (χ3v) is 3.26. The minimum atomic E-state index is 0.285. The molecule has 1 unspecified atom stereocenters. The Morgan fingerprint density at radius 1 is 1.40 bits per heavy atom. The molecule has 0 saturated carbocycles. The zero-order chi connectivity index (χ0) is 11.1. The minimum Gasteiger partial charge on any atom is -0.381 e. The Hall–Kier alpha value is -0.520. The molecule has 0 spiro atoms. The summed E-state index contributed by atoms with van der Waals surface area (Å²) in [6.07, 6.45) is 1.94. The van der Waals surface area contributed by atoms with E-state index in [2.05, 4.69) is 29.4 Å². The van der Waals surface area contributed by atoms with E-state index in [0.29, 0.717) is 0 Å². The molecule has 0 aliphatic heterocycles. The Kier molecular flexibility index (Phi) is 5.75. The van der Waals surface area contributed by atoms with Gasteiger partial charge in [-0.2, -0.15) is 0 Å². The lowest BCUT2D eigenvalue weighted by Gasteiger charge is -2.02. The molecule has 0 amide bonds. The first kappa shape index (κ1) is 12.5. The minimum absolute atomic E-state index is 0.285. The number of aromatic nitrogens is 2. The first-order valence-electron chi connectivity index (χ1n) is 5.35. The number of hydrogen-bond acceptors (Lipinski definition) is 5. The second kappa shape index (κ2) is 6.87. The van der Waals surface area contributed by atoms with Gasteiger partial charge in [0.1, 0.15) is 10.0 Å². The molecule has 1 atom stereocenters. The summed E-state index contributed by atoms with van der Waals surface area (Å²) in [5.41, 5.74) is 0. The van der Waals surface area contributed by atoms with Gasteiger partial charge < -0.3 is 10.1 Å². The smallest absolute Gasteiger partial charge is 0.134 e. The highest BCUT2D eigenvalue weighted by molar-refractivity contribution is 7.11. The lowest BCUT2D eigenvalue weighted by molar-refractivity contribution is 0.138. The molecule has 4 nitrogen and oxygen atoms in total. The molecule has 5 heteroatoms. The first-order chi connectivity index (χ1) is 7.27. The molecule has 0 bridgehead atoms. The van der Waals surface area contributed by atoms with Crippen LogP contribution in [-0.2, 0) is 11.2 Å². The number of nitrogens with zero attached hydrogens (tertiary/aromatic N) is 2. The summed E-state index contributed by atoms with van der Waals surface area (Å²) in [6.45, 7) is 5.77. The molecule has 0 aliphatic carbocycles. The van der Waals surface area contributed by atoms with Gasteiger partial charge in [-0.25, -0.2) is 0 Å². The maximum Gasteiger partial charge on any atom is 0.134 e. The molecule has 1 heterocycles. The van der Waals surface area contributed by atoms with Crippen molar-refractivity contribution in [3.8, 4) is 0 Å². The normalized spacial score (nSPS) is 13.0. The van der Waals surface area contributed by atoms with E-state index in [0.717, 1.165) is 36.1 Å². The van der Waals surface area contributed by atoms with Crippen molar-refractivity contribution >= 4 is 11.3 Å². The van der Waals surface area contributed by atoms with Crippen LogP contribution in [0.1, 0.15) is 36.3 Å². The van der Waals surface area contributed by atoms with Crippen molar-refractivity contribution < 1.29 is 4.74 Å². The third kappa shape index (κ3) is 4.24. The zero-order valence-corrected chi connectivity index (χ0v) is 10.4. The second-order valence-corrected chi connectivity index (χ2v) is 4.50. The summed E-state index contributed by atoms with van der Waals surface area (Å²) in [6, 6.07) is 0.285. The molecular formula is C10H19N3OS. The third-order valence-electron chi connectivity index (χ3n) is 2.09. The van der Waals surface area contributed by atoms with Crippen molar-refractivity contribution in [2.75, 3.05) is 20.3 Å². The monoisotopic (exact) mass is 229 g/mol. The molecule has 1 rings (SSSR count). The molecule has 1 aromatic heterocycles. The van der Waals surface area contributed by atoms with E-state index in [1.54, 1.807) is 11.3 Å². The standard InChI is InChI=1S/C10H19N3OS/c1-4-6-14-7-5-9-12-13-10(15-9)8(2)11-3/h8,11H,4-7H2,1-3H3. The molecule has 1 aromatic rings. The molecule has 0 saturated heterocycles. The van der Waals surface area contributed by atoms with E-state index in [-0.39, 0.29) is 6.04 Å². The van der Waals surface area contributed by atoms with Gasteiger partial charge in [-0.1, -0.05) is 18.3 Å². The Morgan fingerprint density at radius 3 is 2.87 bits per heavy atom. The van der Waals surface area contributed by atoms with E-state index >= 15 is 0 Å². The van der Waals surface area contributed by atoms with Crippen LogP contribution in [0.15, 0.2) is 0 Å². The van der Waals surface area contributed by atoms with Crippen molar-refractivity contribution in [1.82, 2.24) is 15.5 Å². The molecule has 15 heavy (non-hydrogen) atoms. The van der Waals surface area contributed by atoms with Crippen LogP contribution >= 0.6 is 11.3 Å². The molecule has 0 aromatic carbocycles. The van der Waals surface area contributed by atoms with E-state index in [1.165, 1.54) is 0 Å². The zero-order valence-electron chi connectivity index (χ0n) is 9.62. The van der Waals surface area contributed by atoms with E-state index in [4.69, 9.17) is 4.74 Å². The van der Waals surface area contributed by atoms with Crippen molar-refractivity contribution in [2.24, 2.45) is 0 Å². The lowest BCUT2D eigenvalue weighted by atomic mass is 10.4. The number of hydrogen-bond donors (Lipinski definition) is 1. The van der Waals surface area contributed by atoms with E-state index < -0.39 is 0 Å². The van der Waals surface area contributed by atoms with Crippen LogP contribution in [0.3, 0.4) is 0 Å². The fourth-order valence-electron chi connectivity index (χ4n) is 1.07. The van der Waals surface area contributed by atoms with Crippen LogP contribution in [0.2, 0.25) is 0 Å². The summed E-state index contributed by atoms with van der Waals surface area (Å²) in [4.78, 5) is 0. The SMILES string of the molecule is CCCOCCc1nnc(C(C)NC)s1. The van der Waals surface area contributed by atoms with E-state index in [9.17, 15) is 0 Å². The molecule has 0 fully saturated rings. The number of nitrogens with one attached hydrogen (secondary N) is 1. The highest BCUT2D eigenvalue weighted by Gasteiger charge is 2.09. The van der Waals surface area contributed by atoms with Crippen molar-refractivity contribution in [1.29, 1.82) is 0 Å². The van der Waals surface area contributed by atoms with Crippen LogP contribution in [0.25, 0.3) is 0 Å². The molecule has 0 radical (unpaired) electrons. The van der Waals surface area contributed by atoms with E-state index in [1.807, 2.05) is 7.05 Å². The predicted octanol–water partition coefficient (Wildman–Crippen LogP) is 1.79. The molecule has 1 N–H and O–H groups in total. The van der Waals surface area contributed by atoms with Crippen molar-refractivity contribution in [3.05, 3.63) is 10.0 Å². The largest absolute Gasteiger partial charge is 0.381 e. The van der Waals surface area contributed by atoms with Gasteiger partial charge in [0.25, 0.3) is 0 Å². The highest BCUT2D eigenvalue weighted by atomic mass is 32.1. The number of ether oxygens (including phenoxy) is 1. The highest BCUT2D eigenvalue weighted by Crippen LogP contribution is 2.17. The van der Waals surface area contributed by atoms with Gasteiger partial charge in [-0.15, -0.1) is 10.2 Å². The van der Waals surface area contributed by atoms with Gasteiger partial charge in [0, 0.05) is 13.0 Å². The lowest BCUT2D eigenvalue weighted by Crippen LogP contribution is -2.11. The van der Waals surface area contributed by atoms with Gasteiger partial charge in [-0.05, 0) is 20.4 Å². The van der Waals surface area contributed by atoms with Crippen LogP contribution < -0.4 is 5.32 Å². The van der Waals surface area contributed by atoms with Gasteiger partial charge in [0.05, 0.1) is 12.6 Å². The first-order valence-corrected chi connectivity index (χ1v) is 6.16. The van der Waals surface area contributed by atoms with Crippen LogP contribution in [0, 0.1) is 0 Å². The Bertz CT molecular complexity index is 277. The second-order valence-electron chi connectivity index (χ2n) is 3.41. The Morgan fingerprint density at radius 2 is 2.20 bits per heavy atom. The van der Waals surface area contributed by atoms with Crippen molar-refractivity contribution in [3.63, 3.8) is 0 Å². The quantitative estimate of drug-likeness (QED) is 0.724. The van der Waals surface area contributed by atoms with Crippen LogP contribution in [0.4, 0.5) is 0 Å². The summed E-state index contributed by atoms with van der Waals surface area (Å²) in [7, 11) is 1.93. The molecule has 0 aliphatic rings. The molecular weight excluding hydrogens is 210 g/mol. The Labute approximate surface area is 95.1 Å². The van der Waals surface area contributed by atoms with Crippen LogP contribution in [0.5, 0.6) is 0 Å². The topological polar surface area (TPSA) is 47.0 Å². The van der Waals surface area contributed by atoms with Gasteiger partial charge in [-0.3, -0.25) is 0 Å². The average Bonchev–Trinajstić information content (AvgIpc) is 2.72. The summed E-state index contributed by atoms with van der Waals surface area (Å²) < 4.78 is 5.41. The molecule has 86 valence electrons. The summed E-state index contributed by atoms with van der Waals surface area (Å²) >= 11 is 1.66. The summed E-state index contributed by atoms with van der Waals surface area (Å²) in [5.74, 6) is 0. The maximum atomic E-state index is 5.41. The fraction of sp³-hybridized carbons (Fsp3) is 0.800. The summed E-state index contributed by atoms with van der Waals surface area (Å²) in [5, 5.41) is 13.5. The van der Waals surface area contributed by atoms with Gasteiger partial charge in [0.15, 0.2) is 0 Å². The fourth-order valence-corrected chi connectivity index (χ4v) is 1.96. The average molecular weight is 229 g/mol. The predicted molar refractivity (Wildman–Crippen MR) is 62.2 cm³/mol. The Balaban J connectivity index is 2.33. The van der Waals surface area contributed by atoms with Crippen molar-refractivity contribution in [2.45, 2.75) is 32.7 Å². The van der Waals surface area contributed by atoms with Gasteiger partial charge >= 0.3 is 0 Å². The van der Waals surface area contributed by atoms with Crippen LogP contribution in [-0.4, -0.2) is 30.5 Å². The number of rotatable bonds is 7. The maximum absolute atomic E-state index is 5.41.